The van der Waals surface area contributed by atoms with Gasteiger partial charge in [-0.2, -0.15) is 0 Å². The molecular weight excluding hydrogens is 312 g/mol. The minimum Gasteiger partial charge on any atom is -0.366 e. The largest absolute Gasteiger partial charge is 0.366 e. The SMILES string of the molecule is CC(C)Nc1nc(C(F)F)cc2cnc(NC3CC[CH]CC3)nc12. The summed E-state index contributed by atoms with van der Waals surface area (Å²) in [6.07, 6.45) is 5.54. The smallest absolute Gasteiger partial charge is 0.280 e. The number of hydrogen-bond acceptors (Lipinski definition) is 5. The summed E-state index contributed by atoms with van der Waals surface area (Å²) in [7, 11) is 0. The predicted octanol–water partition coefficient (Wildman–Crippen LogP) is 4.34. The minimum absolute atomic E-state index is 0.0638. The molecular formula is C17H22F2N5. The Morgan fingerprint density at radius 2 is 1.92 bits per heavy atom. The van der Waals surface area contributed by atoms with Crippen molar-refractivity contribution >= 4 is 22.7 Å². The molecule has 7 heteroatoms. The van der Waals surface area contributed by atoms with E-state index in [4.69, 9.17) is 0 Å². The topological polar surface area (TPSA) is 62.7 Å². The van der Waals surface area contributed by atoms with E-state index in [1.54, 1.807) is 6.20 Å². The Morgan fingerprint density at radius 3 is 2.58 bits per heavy atom. The molecule has 0 atom stereocenters. The van der Waals surface area contributed by atoms with Crippen molar-refractivity contribution in [3.63, 3.8) is 0 Å². The maximum Gasteiger partial charge on any atom is 0.280 e. The predicted molar refractivity (Wildman–Crippen MR) is 91.2 cm³/mol. The summed E-state index contributed by atoms with van der Waals surface area (Å²) >= 11 is 0. The molecule has 0 aliphatic heterocycles. The van der Waals surface area contributed by atoms with Gasteiger partial charge < -0.3 is 10.6 Å². The standard InChI is InChI=1S/C17H22F2N5/c1-10(2)21-16-14-11(8-13(23-16)15(18)19)9-20-17(24-14)22-12-6-4-3-5-7-12/h3,8-10,12,15H,4-7H2,1-2H3,(H,21,23)(H,20,22,24). The molecule has 2 aromatic heterocycles. The summed E-state index contributed by atoms with van der Waals surface area (Å²) < 4.78 is 26.1. The van der Waals surface area contributed by atoms with Gasteiger partial charge in [0.1, 0.15) is 11.2 Å². The third-order valence-electron chi connectivity index (χ3n) is 4.01. The number of rotatable bonds is 5. The van der Waals surface area contributed by atoms with Crippen molar-refractivity contribution in [1.29, 1.82) is 0 Å². The molecule has 1 fully saturated rings. The van der Waals surface area contributed by atoms with Crippen LogP contribution in [-0.2, 0) is 0 Å². The van der Waals surface area contributed by atoms with Crippen molar-refractivity contribution in [3.8, 4) is 0 Å². The average Bonchev–Trinajstić information content (AvgIpc) is 2.55. The van der Waals surface area contributed by atoms with Crippen LogP contribution in [0.5, 0.6) is 0 Å². The van der Waals surface area contributed by atoms with Gasteiger partial charge in [0.05, 0.1) is 0 Å². The highest BCUT2D eigenvalue weighted by Crippen LogP contribution is 2.27. The molecule has 129 valence electrons. The Bertz CT molecular complexity index is 699. The van der Waals surface area contributed by atoms with Crippen molar-refractivity contribution < 1.29 is 8.78 Å². The van der Waals surface area contributed by atoms with E-state index in [9.17, 15) is 8.78 Å². The van der Waals surface area contributed by atoms with Crippen LogP contribution in [0, 0.1) is 6.42 Å². The Morgan fingerprint density at radius 1 is 1.17 bits per heavy atom. The third kappa shape index (κ3) is 3.88. The highest BCUT2D eigenvalue weighted by molar-refractivity contribution is 5.88. The molecule has 2 N–H and O–H groups in total. The van der Waals surface area contributed by atoms with Gasteiger partial charge in [0.25, 0.3) is 6.43 Å². The highest BCUT2D eigenvalue weighted by atomic mass is 19.3. The van der Waals surface area contributed by atoms with E-state index < -0.39 is 6.43 Å². The molecule has 0 amide bonds. The average molecular weight is 334 g/mol. The minimum atomic E-state index is -2.63. The molecule has 2 heterocycles. The van der Waals surface area contributed by atoms with Crippen molar-refractivity contribution in [2.75, 3.05) is 10.6 Å². The van der Waals surface area contributed by atoms with Gasteiger partial charge in [-0.05, 0) is 52.0 Å². The first-order chi connectivity index (χ1) is 11.5. The molecule has 0 spiro atoms. The number of aromatic nitrogens is 3. The molecule has 2 aromatic rings. The molecule has 0 saturated heterocycles. The first-order valence-electron chi connectivity index (χ1n) is 8.33. The van der Waals surface area contributed by atoms with E-state index in [1.165, 1.54) is 6.07 Å². The van der Waals surface area contributed by atoms with Gasteiger partial charge in [-0.15, -0.1) is 0 Å². The van der Waals surface area contributed by atoms with Gasteiger partial charge in [-0.1, -0.05) is 0 Å². The van der Waals surface area contributed by atoms with E-state index in [0.717, 1.165) is 25.7 Å². The van der Waals surface area contributed by atoms with Crippen molar-refractivity contribution in [2.24, 2.45) is 0 Å². The van der Waals surface area contributed by atoms with E-state index >= 15 is 0 Å². The van der Waals surface area contributed by atoms with Gasteiger partial charge in [0.15, 0.2) is 5.82 Å². The highest BCUT2D eigenvalue weighted by Gasteiger charge is 2.18. The van der Waals surface area contributed by atoms with Gasteiger partial charge in [-0.25, -0.2) is 23.7 Å². The number of alkyl halides is 2. The first-order valence-corrected chi connectivity index (χ1v) is 8.33. The molecule has 0 bridgehead atoms. The van der Waals surface area contributed by atoms with Crippen LogP contribution < -0.4 is 10.6 Å². The number of fused-ring (bicyclic) bond motifs is 1. The van der Waals surface area contributed by atoms with Crippen LogP contribution in [0.15, 0.2) is 12.3 Å². The summed E-state index contributed by atoms with van der Waals surface area (Å²) in [5.74, 6) is 0.896. The van der Waals surface area contributed by atoms with E-state index in [-0.39, 0.29) is 11.7 Å². The summed E-state index contributed by atoms with van der Waals surface area (Å²) in [6.45, 7) is 3.86. The molecule has 24 heavy (non-hydrogen) atoms. The Balaban J connectivity index is 1.95. The number of nitrogens with one attached hydrogen (secondary N) is 2. The third-order valence-corrected chi connectivity index (χ3v) is 4.01. The monoisotopic (exact) mass is 334 g/mol. The molecule has 1 aliphatic rings. The molecule has 0 unspecified atom stereocenters. The van der Waals surface area contributed by atoms with Crippen LogP contribution in [0.2, 0.25) is 0 Å². The number of anilines is 2. The van der Waals surface area contributed by atoms with Crippen molar-refractivity contribution in [2.45, 2.75) is 58.0 Å². The van der Waals surface area contributed by atoms with E-state index in [2.05, 4.69) is 32.0 Å². The fourth-order valence-corrected chi connectivity index (χ4v) is 2.87. The summed E-state index contributed by atoms with van der Waals surface area (Å²) in [4.78, 5) is 12.9. The van der Waals surface area contributed by atoms with Crippen LogP contribution in [0.3, 0.4) is 0 Å². The van der Waals surface area contributed by atoms with Crippen molar-refractivity contribution in [1.82, 2.24) is 15.0 Å². The number of hydrogen-bond donors (Lipinski definition) is 2. The lowest BCUT2D eigenvalue weighted by Crippen LogP contribution is -2.23. The molecule has 1 radical (unpaired) electrons. The summed E-state index contributed by atoms with van der Waals surface area (Å²) in [5, 5.41) is 7.01. The molecule has 0 aromatic carbocycles. The Kier molecular flexibility index (Phi) is 5.06. The lowest BCUT2D eigenvalue weighted by Gasteiger charge is -2.22. The molecule has 1 saturated carbocycles. The molecule has 1 aliphatic carbocycles. The normalized spacial score (nSPS) is 16.1. The lowest BCUT2D eigenvalue weighted by molar-refractivity contribution is 0.146. The maximum atomic E-state index is 13.1. The second-order valence-electron chi connectivity index (χ2n) is 6.41. The fourth-order valence-electron chi connectivity index (χ4n) is 2.87. The van der Waals surface area contributed by atoms with Crippen LogP contribution in [0.1, 0.15) is 51.7 Å². The summed E-state index contributed by atoms with van der Waals surface area (Å²) in [5.41, 5.74) is 0.297. The van der Waals surface area contributed by atoms with Crippen LogP contribution in [0.4, 0.5) is 20.5 Å². The van der Waals surface area contributed by atoms with Crippen LogP contribution in [-0.4, -0.2) is 27.0 Å². The van der Waals surface area contributed by atoms with Gasteiger partial charge in [0.2, 0.25) is 5.95 Å². The number of pyridine rings is 1. The van der Waals surface area contributed by atoms with E-state index in [1.807, 2.05) is 13.8 Å². The molecule has 5 nitrogen and oxygen atoms in total. The lowest BCUT2D eigenvalue weighted by atomic mass is 9.96. The second kappa shape index (κ2) is 7.23. The second-order valence-corrected chi connectivity index (χ2v) is 6.41. The zero-order chi connectivity index (χ0) is 17.1. The zero-order valence-electron chi connectivity index (χ0n) is 13.9. The Hall–Kier alpha value is -2.05. The van der Waals surface area contributed by atoms with Gasteiger partial charge in [0, 0.05) is 23.7 Å². The van der Waals surface area contributed by atoms with Gasteiger partial charge in [-0.3, -0.25) is 0 Å². The fraction of sp³-hybridized carbons (Fsp3) is 0.529. The van der Waals surface area contributed by atoms with Crippen molar-refractivity contribution in [3.05, 3.63) is 24.4 Å². The van der Waals surface area contributed by atoms with E-state index in [0.29, 0.717) is 28.7 Å². The first kappa shape index (κ1) is 16.8. The number of nitrogens with zero attached hydrogens (tertiary/aromatic N) is 3. The quantitative estimate of drug-likeness (QED) is 0.851. The maximum absolute atomic E-state index is 13.1. The Labute approximate surface area is 140 Å². The number of halogens is 2. The van der Waals surface area contributed by atoms with Crippen LogP contribution in [0.25, 0.3) is 10.9 Å². The van der Waals surface area contributed by atoms with Gasteiger partial charge >= 0.3 is 0 Å². The summed E-state index contributed by atoms with van der Waals surface area (Å²) in [6, 6.07) is 1.77. The molecule has 3 rings (SSSR count). The zero-order valence-corrected chi connectivity index (χ0v) is 13.9. The van der Waals surface area contributed by atoms with Crippen LogP contribution >= 0.6 is 0 Å².